The van der Waals surface area contributed by atoms with E-state index in [0.717, 1.165) is 38.2 Å². The van der Waals surface area contributed by atoms with E-state index in [-0.39, 0.29) is 6.04 Å². The van der Waals surface area contributed by atoms with Gasteiger partial charge >= 0.3 is 0 Å². The van der Waals surface area contributed by atoms with Crippen LogP contribution in [0.5, 0.6) is 0 Å². The van der Waals surface area contributed by atoms with Crippen molar-refractivity contribution in [2.24, 2.45) is 5.84 Å². The van der Waals surface area contributed by atoms with Crippen LogP contribution in [-0.4, -0.2) is 29.0 Å². The molecule has 0 amide bonds. The van der Waals surface area contributed by atoms with E-state index in [1.165, 1.54) is 32.1 Å². The summed E-state index contributed by atoms with van der Waals surface area (Å²) in [5, 5.41) is 4.75. The van der Waals surface area contributed by atoms with Crippen molar-refractivity contribution >= 4 is 0 Å². The third kappa shape index (κ3) is 5.41. The summed E-state index contributed by atoms with van der Waals surface area (Å²) in [7, 11) is 0. The van der Waals surface area contributed by atoms with Gasteiger partial charge in [-0.05, 0) is 31.7 Å². The quantitative estimate of drug-likeness (QED) is 0.417. The summed E-state index contributed by atoms with van der Waals surface area (Å²) in [4.78, 5) is 0. The number of nitrogens with one attached hydrogen (secondary N) is 1. The lowest BCUT2D eigenvalue weighted by Crippen LogP contribution is -2.37. The average molecular weight is 294 g/mol. The molecule has 1 heterocycles. The molecule has 0 spiro atoms. The van der Waals surface area contributed by atoms with Gasteiger partial charge < -0.3 is 4.74 Å². The number of rotatable bonds is 9. The van der Waals surface area contributed by atoms with Crippen molar-refractivity contribution < 1.29 is 4.74 Å². The molecular formula is C16H30N4O. The van der Waals surface area contributed by atoms with E-state index in [2.05, 4.69) is 29.3 Å². The maximum atomic E-state index is 5.64. The highest BCUT2D eigenvalue weighted by Gasteiger charge is 2.17. The van der Waals surface area contributed by atoms with Crippen molar-refractivity contribution in [2.45, 2.75) is 70.4 Å². The number of hydrogen-bond acceptors (Lipinski definition) is 4. The summed E-state index contributed by atoms with van der Waals surface area (Å²) < 4.78 is 7.69. The largest absolute Gasteiger partial charge is 0.381 e. The fourth-order valence-corrected chi connectivity index (χ4v) is 3.00. The molecule has 1 atom stereocenters. The predicted octanol–water partition coefficient (Wildman–Crippen LogP) is 2.58. The van der Waals surface area contributed by atoms with Gasteiger partial charge in [0.2, 0.25) is 0 Å². The van der Waals surface area contributed by atoms with Gasteiger partial charge in [0.25, 0.3) is 0 Å². The van der Waals surface area contributed by atoms with Crippen molar-refractivity contribution in [1.29, 1.82) is 0 Å². The predicted molar refractivity (Wildman–Crippen MR) is 84.9 cm³/mol. The molecular weight excluding hydrogens is 264 g/mol. The summed E-state index contributed by atoms with van der Waals surface area (Å²) in [5.74, 6) is 5.64. The molecule has 0 bridgehead atoms. The maximum absolute atomic E-state index is 5.64. The lowest BCUT2D eigenvalue weighted by atomic mass is 9.96. The van der Waals surface area contributed by atoms with Crippen molar-refractivity contribution in [3.63, 3.8) is 0 Å². The van der Waals surface area contributed by atoms with Crippen LogP contribution in [0.3, 0.4) is 0 Å². The summed E-state index contributed by atoms with van der Waals surface area (Å²) in [6.07, 6.45) is 11.6. The minimum Gasteiger partial charge on any atom is -0.381 e. The molecule has 0 aromatic carbocycles. The lowest BCUT2D eigenvalue weighted by Gasteiger charge is -2.22. The first-order valence-corrected chi connectivity index (χ1v) is 8.41. The third-order valence-corrected chi connectivity index (χ3v) is 4.26. The molecule has 1 unspecified atom stereocenters. The van der Waals surface area contributed by atoms with Gasteiger partial charge in [-0.25, -0.2) is 0 Å². The molecule has 1 aliphatic rings. The molecule has 5 heteroatoms. The Morgan fingerprint density at radius 3 is 2.90 bits per heavy atom. The smallest absolute Gasteiger partial charge is 0.0640 e. The van der Waals surface area contributed by atoms with Crippen LogP contribution in [0.15, 0.2) is 12.3 Å². The summed E-state index contributed by atoms with van der Waals surface area (Å²) in [5.41, 5.74) is 4.01. The zero-order chi connectivity index (χ0) is 14.9. The van der Waals surface area contributed by atoms with E-state index in [1.54, 1.807) is 0 Å². The van der Waals surface area contributed by atoms with Crippen molar-refractivity contribution in [3.8, 4) is 0 Å². The molecule has 0 aliphatic heterocycles. The van der Waals surface area contributed by atoms with Gasteiger partial charge in [0.05, 0.1) is 11.7 Å². The molecule has 120 valence electrons. The molecule has 1 aliphatic carbocycles. The molecule has 1 saturated carbocycles. The maximum Gasteiger partial charge on any atom is 0.0640 e. The number of nitrogens with two attached hydrogens (primary N) is 1. The number of ether oxygens (including phenoxy) is 1. The first-order valence-electron chi connectivity index (χ1n) is 8.41. The third-order valence-electron chi connectivity index (χ3n) is 4.26. The van der Waals surface area contributed by atoms with Crippen LogP contribution in [-0.2, 0) is 11.2 Å². The van der Waals surface area contributed by atoms with E-state index in [1.807, 2.05) is 0 Å². The molecule has 1 fully saturated rings. The molecule has 1 aromatic rings. The van der Waals surface area contributed by atoms with E-state index in [9.17, 15) is 0 Å². The average Bonchev–Trinajstić information content (AvgIpc) is 3.00. The fourth-order valence-electron chi connectivity index (χ4n) is 3.00. The number of hydrogen-bond donors (Lipinski definition) is 2. The Bertz CT molecular complexity index is 387. The Hall–Kier alpha value is -0.910. The second kappa shape index (κ2) is 9.18. The summed E-state index contributed by atoms with van der Waals surface area (Å²) >= 11 is 0. The van der Waals surface area contributed by atoms with Gasteiger partial charge in [0, 0.05) is 31.9 Å². The van der Waals surface area contributed by atoms with Crippen molar-refractivity contribution in [2.75, 3.05) is 13.2 Å². The zero-order valence-electron chi connectivity index (χ0n) is 13.3. The molecule has 21 heavy (non-hydrogen) atoms. The monoisotopic (exact) mass is 294 g/mol. The number of aromatic nitrogens is 2. The standard InChI is InChI=1S/C16H30N4O/c1-2-11-21-12-9-14(18-17)13-15-8-10-20(19-15)16-6-4-3-5-7-16/h8,10,14,16,18H,2-7,9,11-13,17H2,1H3. The Balaban J connectivity index is 1.79. The second-order valence-electron chi connectivity index (χ2n) is 6.05. The lowest BCUT2D eigenvalue weighted by molar-refractivity contribution is 0.124. The number of nitrogens with zero attached hydrogens (tertiary/aromatic N) is 2. The highest BCUT2D eigenvalue weighted by molar-refractivity contribution is 5.02. The van der Waals surface area contributed by atoms with Crippen LogP contribution >= 0.6 is 0 Å². The van der Waals surface area contributed by atoms with E-state index >= 15 is 0 Å². The normalized spacial score (nSPS) is 18.0. The minimum absolute atomic E-state index is 0.233. The van der Waals surface area contributed by atoms with Gasteiger partial charge in [-0.15, -0.1) is 0 Å². The Morgan fingerprint density at radius 2 is 2.19 bits per heavy atom. The van der Waals surface area contributed by atoms with Crippen molar-refractivity contribution in [1.82, 2.24) is 15.2 Å². The minimum atomic E-state index is 0.233. The van der Waals surface area contributed by atoms with E-state index < -0.39 is 0 Å². The molecule has 3 N–H and O–H groups in total. The van der Waals surface area contributed by atoms with E-state index in [4.69, 9.17) is 15.7 Å². The Morgan fingerprint density at radius 1 is 1.38 bits per heavy atom. The van der Waals surface area contributed by atoms with Crippen LogP contribution < -0.4 is 11.3 Å². The first-order chi connectivity index (χ1) is 10.3. The summed E-state index contributed by atoms with van der Waals surface area (Å²) in [6, 6.07) is 2.97. The van der Waals surface area contributed by atoms with Gasteiger partial charge in [-0.2, -0.15) is 5.10 Å². The SMILES string of the molecule is CCCOCCC(Cc1ccn(C2CCCCC2)n1)NN. The van der Waals surface area contributed by atoms with Crippen LogP contribution in [0.4, 0.5) is 0 Å². The Kier molecular flexibility index (Phi) is 7.19. The highest BCUT2D eigenvalue weighted by Crippen LogP contribution is 2.27. The fraction of sp³-hybridized carbons (Fsp3) is 0.812. The summed E-state index contributed by atoms with van der Waals surface area (Å²) in [6.45, 7) is 3.70. The van der Waals surface area contributed by atoms with Crippen LogP contribution in [0, 0.1) is 0 Å². The van der Waals surface area contributed by atoms with Gasteiger partial charge in [-0.3, -0.25) is 16.0 Å². The molecule has 1 aromatic heterocycles. The molecule has 5 nitrogen and oxygen atoms in total. The number of hydrazine groups is 1. The molecule has 0 saturated heterocycles. The first kappa shape index (κ1) is 16.5. The van der Waals surface area contributed by atoms with Crippen LogP contribution in [0.2, 0.25) is 0 Å². The zero-order valence-corrected chi connectivity index (χ0v) is 13.3. The van der Waals surface area contributed by atoms with E-state index in [0.29, 0.717) is 6.04 Å². The van der Waals surface area contributed by atoms with Crippen molar-refractivity contribution in [3.05, 3.63) is 18.0 Å². The highest BCUT2D eigenvalue weighted by atomic mass is 16.5. The van der Waals surface area contributed by atoms with Gasteiger partial charge in [-0.1, -0.05) is 26.2 Å². The van der Waals surface area contributed by atoms with Gasteiger partial charge in [0.1, 0.15) is 0 Å². The Labute approximate surface area is 128 Å². The van der Waals surface area contributed by atoms with Crippen LogP contribution in [0.1, 0.15) is 63.6 Å². The van der Waals surface area contributed by atoms with Crippen LogP contribution in [0.25, 0.3) is 0 Å². The van der Waals surface area contributed by atoms with Gasteiger partial charge in [0.15, 0.2) is 0 Å². The molecule has 0 radical (unpaired) electrons. The topological polar surface area (TPSA) is 65.1 Å². The second-order valence-corrected chi connectivity index (χ2v) is 6.05. The molecule has 2 rings (SSSR count).